The molecule has 0 aromatic heterocycles. The summed E-state index contributed by atoms with van der Waals surface area (Å²) in [5.74, 6) is 4.61. The summed E-state index contributed by atoms with van der Waals surface area (Å²) in [5, 5.41) is 0. The van der Waals surface area contributed by atoms with Gasteiger partial charge >= 0.3 is 0 Å². The number of terminal acetylenes is 1. The fourth-order valence-electron chi connectivity index (χ4n) is 1.74. The molecule has 0 amide bonds. The summed E-state index contributed by atoms with van der Waals surface area (Å²) in [6.07, 6.45) is 6.18. The molecule has 0 heterocycles. The first-order valence-corrected chi connectivity index (χ1v) is 5.26. The van der Waals surface area contributed by atoms with Gasteiger partial charge in [-0.3, -0.25) is 0 Å². The molecular formula is C14H18O. The quantitative estimate of drug-likeness (QED) is 0.679. The zero-order chi connectivity index (χ0) is 11.3. The highest BCUT2D eigenvalue weighted by atomic mass is 16.5. The summed E-state index contributed by atoms with van der Waals surface area (Å²) < 4.78 is 5.21. The molecule has 1 unspecified atom stereocenters. The Morgan fingerprint density at radius 3 is 2.67 bits per heavy atom. The highest BCUT2D eigenvalue weighted by Gasteiger charge is 2.14. The maximum atomic E-state index is 5.39. The molecule has 15 heavy (non-hydrogen) atoms. The monoisotopic (exact) mass is 202 g/mol. The second-order valence-electron chi connectivity index (χ2n) is 4.04. The first-order valence-electron chi connectivity index (χ1n) is 5.26. The Bertz CT molecular complexity index is 347. The van der Waals surface area contributed by atoms with Crippen LogP contribution in [0.2, 0.25) is 0 Å². The molecule has 1 nitrogen and oxygen atoms in total. The second kappa shape index (κ2) is 5.46. The Balaban J connectivity index is 2.95. The third-order valence-corrected chi connectivity index (χ3v) is 2.66. The van der Waals surface area contributed by atoms with Gasteiger partial charge in [-0.25, -0.2) is 0 Å². The van der Waals surface area contributed by atoms with E-state index in [1.165, 1.54) is 5.56 Å². The first kappa shape index (κ1) is 11.7. The molecule has 0 radical (unpaired) electrons. The van der Waals surface area contributed by atoms with E-state index >= 15 is 0 Å². The third-order valence-electron chi connectivity index (χ3n) is 2.66. The zero-order valence-corrected chi connectivity index (χ0v) is 9.66. The summed E-state index contributed by atoms with van der Waals surface area (Å²) in [6.45, 7) is 4.39. The first-order chi connectivity index (χ1) is 7.19. The Hall–Kier alpha value is -1.42. The van der Waals surface area contributed by atoms with Gasteiger partial charge < -0.3 is 4.74 Å². The van der Waals surface area contributed by atoms with Crippen molar-refractivity contribution in [1.29, 1.82) is 0 Å². The summed E-state index contributed by atoms with van der Waals surface area (Å²) in [4.78, 5) is 0. The van der Waals surface area contributed by atoms with E-state index in [4.69, 9.17) is 11.2 Å². The number of ether oxygens (including phenoxy) is 1. The fraction of sp³-hybridized carbons (Fsp3) is 0.429. The van der Waals surface area contributed by atoms with Crippen molar-refractivity contribution in [2.45, 2.75) is 26.2 Å². The molecular weight excluding hydrogens is 184 g/mol. The van der Waals surface area contributed by atoms with Gasteiger partial charge in [0.25, 0.3) is 0 Å². The largest absolute Gasteiger partial charge is 0.497 e. The lowest BCUT2D eigenvalue weighted by molar-refractivity contribution is 0.412. The highest BCUT2D eigenvalue weighted by molar-refractivity contribution is 5.31. The number of hydrogen-bond acceptors (Lipinski definition) is 1. The summed E-state index contributed by atoms with van der Waals surface area (Å²) in [6, 6.07) is 8.16. The summed E-state index contributed by atoms with van der Waals surface area (Å²) in [5.41, 5.74) is 1.27. The van der Waals surface area contributed by atoms with Crippen LogP contribution in [0.3, 0.4) is 0 Å². The Labute approximate surface area is 92.5 Å². The van der Waals surface area contributed by atoms with E-state index in [9.17, 15) is 0 Å². The van der Waals surface area contributed by atoms with E-state index in [0.717, 1.165) is 12.2 Å². The molecule has 1 atom stereocenters. The molecule has 0 saturated heterocycles. The van der Waals surface area contributed by atoms with Crippen molar-refractivity contribution >= 4 is 0 Å². The lowest BCUT2D eigenvalue weighted by atomic mass is 9.86. The van der Waals surface area contributed by atoms with Crippen LogP contribution < -0.4 is 4.74 Å². The van der Waals surface area contributed by atoms with E-state index in [1.807, 2.05) is 12.1 Å². The van der Waals surface area contributed by atoms with Gasteiger partial charge in [0.2, 0.25) is 0 Å². The Morgan fingerprint density at radius 1 is 1.40 bits per heavy atom. The number of hydrogen-bond donors (Lipinski definition) is 0. The standard InChI is InChI=1S/C14H18O/c1-5-7-14(11(2)3)12-8-6-9-13(10-12)15-4/h1,6,8-11,14H,7H2,2-4H3. The van der Waals surface area contributed by atoms with E-state index < -0.39 is 0 Å². The van der Waals surface area contributed by atoms with E-state index in [1.54, 1.807) is 7.11 Å². The Morgan fingerprint density at radius 2 is 2.13 bits per heavy atom. The van der Waals surface area contributed by atoms with E-state index in [2.05, 4.69) is 31.9 Å². The molecule has 80 valence electrons. The maximum absolute atomic E-state index is 5.39. The average Bonchev–Trinajstić information content (AvgIpc) is 2.25. The molecule has 1 aromatic rings. The van der Waals surface area contributed by atoms with Crippen LogP contribution in [0.4, 0.5) is 0 Å². The molecule has 1 heteroatoms. The molecule has 0 aliphatic rings. The minimum Gasteiger partial charge on any atom is -0.497 e. The lowest BCUT2D eigenvalue weighted by Crippen LogP contribution is -2.06. The van der Waals surface area contributed by atoms with Gasteiger partial charge in [-0.1, -0.05) is 26.0 Å². The zero-order valence-electron chi connectivity index (χ0n) is 9.66. The van der Waals surface area contributed by atoms with Gasteiger partial charge in [0.05, 0.1) is 7.11 Å². The van der Waals surface area contributed by atoms with Crippen molar-refractivity contribution in [2.24, 2.45) is 5.92 Å². The van der Waals surface area contributed by atoms with Gasteiger partial charge in [0.1, 0.15) is 5.75 Å². The topological polar surface area (TPSA) is 9.23 Å². The molecule has 0 N–H and O–H groups in total. The van der Waals surface area contributed by atoms with Crippen LogP contribution in [0.25, 0.3) is 0 Å². The normalized spacial score (nSPS) is 12.2. The van der Waals surface area contributed by atoms with Crippen molar-refractivity contribution < 1.29 is 4.74 Å². The van der Waals surface area contributed by atoms with Gasteiger partial charge in [0.15, 0.2) is 0 Å². The summed E-state index contributed by atoms with van der Waals surface area (Å²) in [7, 11) is 1.69. The molecule has 0 bridgehead atoms. The number of rotatable bonds is 4. The van der Waals surface area contributed by atoms with Crippen LogP contribution in [-0.2, 0) is 0 Å². The predicted molar refractivity (Wildman–Crippen MR) is 64.0 cm³/mol. The van der Waals surface area contributed by atoms with Gasteiger partial charge in [-0.15, -0.1) is 12.3 Å². The molecule has 1 aromatic carbocycles. The van der Waals surface area contributed by atoms with Crippen LogP contribution in [0, 0.1) is 18.3 Å². The van der Waals surface area contributed by atoms with Crippen molar-refractivity contribution in [3.8, 4) is 18.1 Å². The second-order valence-corrected chi connectivity index (χ2v) is 4.04. The van der Waals surface area contributed by atoms with Crippen molar-refractivity contribution in [1.82, 2.24) is 0 Å². The highest BCUT2D eigenvalue weighted by Crippen LogP contribution is 2.29. The van der Waals surface area contributed by atoms with Crippen LogP contribution in [0.15, 0.2) is 24.3 Å². The van der Waals surface area contributed by atoms with E-state index in [-0.39, 0.29) is 0 Å². The molecule has 0 spiro atoms. The molecule has 0 aliphatic carbocycles. The van der Waals surface area contributed by atoms with Crippen molar-refractivity contribution in [3.05, 3.63) is 29.8 Å². The summed E-state index contributed by atoms with van der Waals surface area (Å²) >= 11 is 0. The van der Waals surface area contributed by atoms with Crippen LogP contribution in [-0.4, -0.2) is 7.11 Å². The third kappa shape index (κ3) is 3.02. The minimum absolute atomic E-state index is 0.421. The van der Waals surface area contributed by atoms with Gasteiger partial charge in [-0.05, 0) is 29.5 Å². The van der Waals surface area contributed by atoms with Crippen molar-refractivity contribution in [3.63, 3.8) is 0 Å². The smallest absolute Gasteiger partial charge is 0.119 e. The van der Waals surface area contributed by atoms with E-state index in [0.29, 0.717) is 11.8 Å². The molecule has 0 saturated carbocycles. The average molecular weight is 202 g/mol. The maximum Gasteiger partial charge on any atom is 0.119 e. The lowest BCUT2D eigenvalue weighted by Gasteiger charge is -2.19. The van der Waals surface area contributed by atoms with Crippen LogP contribution in [0.1, 0.15) is 31.7 Å². The minimum atomic E-state index is 0.421. The molecule has 0 aliphatic heterocycles. The van der Waals surface area contributed by atoms with Crippen molar-refractivity contribution in [2.75, 3.05) is 7.11 Å². The van der Waals surface area contributed by atoms with Gasteiger partial charge in [-0.2, -0.15) is 0 Å². The molecule has 0 fully saturated rings. The molecule has 1 rings (SSSR count). The van der Waals surface area contributed by atoms with Crippen LogP contribution in [0.5, 0.6) is 5.75 Å². The predicted octanol–water partition coefficient (Wildman–Crippen LogP) is 3.46. The number of benzene rings is 1. The van der Waals surface area contributed by atoms with Crippen LogP contribution >= 0.6 is 0 Å². The fourth-order valence-corrected chi connectivity index (χ4v) is 1.74. The number of methoxy groups -OCH3 is 1. The Kier molecular flexibility index (Phi) is 4.24. The SMILES string of the molecule is C#CCC(c1cccc(OC)c1)C(C)C. The van der Waals surface area contributed by atoms with Gasteiger partial charge in [0, 0.05) is 6.42 Å².